The van der Waals surface area contributed by atoms with Gasteiger partial charge in [0.25, 0.3) is 0 Å². The minimum Gasteiger partial charge on any atom is -0.503 e. The summed E-state index contributed by atoms with van der Waals surface area (Å²) in [5, 5.41) is 0. The number of halogens is 1. The number of methoxy groups -OCH3 is 2. The fraction of sp³-hybridized carbons (Fsp3) is 0.167. The van der Waals surface area contributed by atoms with Crippen LogP contribution in [0.1, 0.15) is 11.1 Å². The quantitative estimate of drug-likeness (QED) is 0.473. The molecule has 0 spiro atoms. The van der Waals surface area contributed by atoms with Crippen molar-refractivity contribution in [2.24, 2.45) is 0 Å². The van der Waals surface area contributed by atoms with Crippen molar-refractivity contribution in [2.75, 3.05) is 14.2 Å². The molecule has 23 heavy (non-hydrogen) atoms. The topological polar surface area (TPSA) is 44.8 Å². The first-order valence-electron chi connectivity index (χ1n) is 6.91. The first-order chi connectivity index (χ1) is 11.1. The zero-order valence-corrected chi connectivity index (χ0v) is 13.1. The van der Waals surface area contributed by atoms with Crippen molar-refractivity contribution in [3.05, 3.63) is 65.7 Å². The Hall–Kier alpha value is -2.82. The molecule has 5 heteroatoms. The lowest BCUT2D eigenvalue weighted by atomic mass is 10.0. The molecule has 2 rings (SSSR count). The number of para-hydroxylation sites is 1. The van der Waals surface area contributed by atoms with Crippen molar-refractivity contribution in [1.82, 2.24) is 0 Å². The van der Waals surface area contributed by atoms with Crippen LogP contribution in [0.4, 0.5) is 4.39 Å². The van der Waals surface area contributed by atoms with Crippen molar-refractivity contribution >= 4 is 11.5 Å². The van der Waals surface area contributed by atoms with Gasteiger partial charge in [0.2, 0.25) is 0 Å². The van der Waals surface area contributed by atoms with E-state index in [1.54, 1.807) is 30.3 Å². The minimum atomic E-state index is -0.530. The molecule has 0 fully saturated rings. The highest BCUT2D eigenvalue weighted by atomic mass is 19.1. The van der Waals surface area contributed by atoms with Gasteiger partial charge in [0.15, 0.2) is 11.6 Å². The minimum absolute atomic E-state index is 0.109. The lowest BCUT2D eigenvalue weighted by molar-refractivity contribution is -0.133. The number of carbonyl (C=O) groups excluding carboxylic acids is 1. The Kier molecular flexibility index (Phi) is 5.36. The number of carbonyl (C=O) groups is 1. The second kappa shape index (κ2) is 7.45. The Morgan fingerprint density at radius 3 is 2.52 bits per heavy atom. The molecular weight excluding hydrogens is 299 g/mol. The summed E-state index contributed by atoms with van der Waals surface area (Å²) in [4.78, 5) is 11.9. The van der Waals surface area contributed by atoms with Gasteiger partial charge >= 0.3 is 5.97 Å². The maximum absolute atomic E-state index is 13.7. The third kappa shape index (κ3) is 3.88. The Labute approximate surface area is 134 Å². The van der Waals surface area contributed by atoms with Gasteiger partial charge in [-0.2, -0.15) is 0 Å². The molecule has 0 aliphatic rings. The fourth-order valence-corrected chi connectivity index (χ4v) is 2.06. The molecule has 0 aliphatic heterocycles. The lowest BCUT2D eigenvalue weighted by Crippen LogP contribution is -2.06. The normalized spacial score (nSPS) is 11.0. The number of hydrogen-bond acceptors (Lipinski definition) is 4. The van der Waals surface area contributed by atoms with Crippen molar-refractivity contribution < 1.29 is 23.4 Å². The molecule has 0 aromatic heterocycles. The number of ether oxygens (including phenoxy) is 3. The number of aryl methyl sites for hydroxylation is 1. The number of hydrogen-bond donors (Lipinski definition) is 0. The second-order valence-electron chi connectivity index (χ2n) is 4.77. The van der Waals surface area contributed by atoms with E-state index in [-0.39, 0.29) is 11.3 Å². The third-order valence-corrected chi connectivity index (χ3v) is 3.20. The molecule has 2 aromatic rings. The number of rotatable bonds is 5. The van der Waals surface area contributed by atoms with E-state index in [1.807, 2.05) is 6.92 Å². The van der Waals surface area contributed by atoms with Gasteiger partial charge in [-0.05, 0) is 42.3 Å². The monoisotopic (exact) mass is 316 g/mol. The van der Waals surface area contributed by atoms with Crippen molar-refractivity contribution in [1.29, 1.82) is 0 Å². The second-order valence-corrected chi connectivity index (χ2v) is 4.77. The van der Waals surface area contributed by atoms with Crippen LogP contribution >= 0.6 is 0 Å². The van der Waals surface area contributed by atoms with Gasteiger partial charge in [-0.15, -0.1) is 0 Å². The predicted molar refractivity (Wildman–Crippen MR) is 84.7 cm³/mol. The van der Waals surface area contributed by atoms with Crippen LogP contribution in [0.3, 0.4) is 0 Å². The van der Waals surface area contributed by atoms with Gasteiger partial charge in [-0.25, -0.2) is 9.18 Å². The van der Waals surface area contributed by atoms with Gasteiger partial charge in [0.05, 0.1) is 20.5 Å². The summed E-state index contributed by atoms with van der Waals surface area (Å²) in [5.74, 6) is -0.479. The molecule has 0 bridgehead atoms. The summed E-state index contributed by atoms with van der Waals surface area (Å²) in [6.07, 6.45) is 1.31. The summed E-state index contributed by atoms with van der Waals surface area (Å²) in [6.45, 7) is 1.84. The zero-order valence-electron chi connectivity index (χ0n) is 13.1. The SMILES string of the molecule is CO/C=C(/C(=O)OC)c1cc(Oc2ccccc2F)ccc1C. The van der Waals surface area contributed by atoms with Crippen LogP contribution in [0.5, 0.6) is 11.5 Å². The van der Waals surface area contributed by atoms with Gasteiger partial charge in [-0.3, -0.25) is 0 Å². The highest BCUT2D eigenvalue weighted by Crippen LogP contribution is 2.29. The molecule has 2 aromatic carbocycles. The molecule has 0 saturated carbocycles. The highest BCUT2D eigenvalue weighted by Gasteiger charge is 2.16. The Balaban J connectivity index is 2.41. The van der Waals surface area contributed by atoms with Crippen LogP contribution in [0.15, 0.2) is 48.7 Å². The number of esters is 1. The molecule has 120 valence electrons. The first-order valence-corrected chi connectivity index (χ1v) is 6.91. The van der Waals surface area contributed by atoms with Crippen molar-refractivity contribution in [3.63, 3.8) is 0 Å². The lowest BCUT2D eigenvalue weighted by Gasteiger charge is -2.12. The van der Waals surface area contributed by atoms with Gasteiger partial charge in [0, 0.05) is 0 Å². The average molecular weight is 316 g/mol. The average Bonchev–Trinajstić information content (AvgIpc) is 2.56. The van der Waals surface area contributed by atoms with E-state index in [1.165, 1.54) is 32.6 Å². The largest absolute Gasteiger partial charge is 0.503 e. The first kappa shape index (κ1) is 16.5. The molecule has 0 atom stereocenters. The van der Waals surface area contributed by atoms with Crippen LogP contribution in [-0.2, 0) is 14.3 Å². The van der Waals surface area contributed by atoms with E-state index in [9.17, 15) is 9.18 Å². The molecule has 0 N–H and O–H groups in total. The highest BCUT2D eigenvalue weighted by molar-refractivity contribution is 6.16. The molecule has 0 radical (unpaired) electrons. The fourth-order valence-electron chi connectivity index (χ4n) is 2.06. The Bertz CT molecular complexity index is 738. The summed E-state index contributed by atoms with van der Waals surface area (Å²) >= 11 is 0. The van der Waals surface area contributed by atoms with E-state index < -0.39 is 11.8 Å². The van der Waals surface area contributed by atoms with Crippen LogP contribution in [0.25, 0.3) is 5.57 Å². The summed E-state index contributed by atoms with van der Waals surface area (Å²) < 4.78 is 29.0. The summed E-state index contributed by atoms with van der Waals surface area (Å²) in [6, 6.07) is 11.2. The van der Waals surface area contributed by atoms with Crippen molar-refractivity contribution in [2.45, 2.75) is 6.92 Å². The van der Waals surface area contributed by atoms with E-state index >= 15 is 0 Å². The van der Waals surface area contributed by atoms with Crippen LogP contribution in [0, 0.1) is 12.7 Å². The molecule has 0 amide bonds. The molecule has 0 saturated heterocycles. The van der Waals surface area contributed by atoms with E-state index in [0.717, 1.165) is 5.56 Å². The molecule has 0 heterocycles. The Morgan fingerprint density at radius 2 is 1.87 bits per heavy atom. The van der Waals surface area contributed by atoms with E-state index in [4.69, 9.17) is 14.2 Å². The van der Waals surface area contributed by atoms with E-state index in [0.29, 0.717) is 11.3 Å². The maximum atomic E-state index is 13.7. The van der Waals surface area contributed by atoms with Crippen molar-refractivity contribution in [3.8, 4) is 11.5 Å². The van der Waals surface area contributed by atoms with Gasteiger partial charge in [-0.1, -0.05) is 18.2 Å². The third-order valence-electron chi connectivity index (χ3n) is 3.20. The summed E-state index contributed by atoms with van der Waals surface area (Å²) in [7, 11) is 2.73. The van der Waals surface area contributed by atoms with Crippen LogP contribution in [-0.4, -0.2) is 20.2 Å². The van der Waals surface area contributed by atoms with Crippen LogP contribution < -0.4 is 4.74 Å². The molecule has 4 nitrogen and oxygen atoms in total. The Morgan fingerprint density at radius 1 is 1.13 bits per heavy atom. The van der Waals surface area contributed by atoms with Crippen LogP contribution in [0.2, 0.25) is 0 Å². The molecule has 0 aliphatic carbocycles. The molecular formula is C18H17FO4. The van der Waals surface area contributed by atoms with Gasteiger partial charge < -0.3 is 14.2 Å². The smallest absolute Gasteiger partial charge is 0.341 e. The molecule has 0 unspecified atom stereocenters. The summed E-state index contributed by atoms with van der Waals surface area (Å²) in [5.41, 5.74) is 1.68. The predicted octanol–water partition coefficient (Wildman–Crippen LogP) is 4.09. The maximum Gasteiger partial charge on any atom is 0.341 e. The van der Waals surface area contributed by atoms with Gasteiger partial charge in [0.1, 0.15) is 11.3 Å². The standard InChI is InChI=1S/C18H17FO4/c1-12-8-9-13(23-17-7-5-4-6-16(17)19)10-14(12)15(11-21-2)18(20)22-3/h4-11H,1-3H3/b15-11+. The number of benzene rings is 2. The van der Waals surface area contributed by atoms with E-state index in [2.05, 4.69) is 0 Å². The zero-order chi connectivity index (χ0) is 16.8.